The molecule has 1 aliphatic heterocycles. The van der Waals surface area contributed by atoms with Gasteiger partial charge in [0.15, 0.2) is 5.82 Å². The molecule has 4 aromatic rings. The molecular weight excluding hydrogens is 458 g/mol. The number of aliphatic hydroxyl groups is 1. The smallest absolute Gasteiger partial charge is 0.253 e. The Labute approximate surface area is 195 Å². The molecule has 1 amide bonds. The Balaban J connectivity index is 1.42. The number of amides is 1. The second-order valence-electron chi connectivity index (χ2n) is 8.10. The fourth-order valence-corrected chi connectivity index (χ4v) is 6.02. The maximum Gasteiger partial charge on any atom is 0.253 e. The number of rotatable bonds is 5. The zero-order chi connectivity index (χ0) is 23.9. The first-order valence-corrected chi connectivity index (χ1v) is 12.2. The number of aliphatic hydroxyl groups excluding tert-OH is 1. The van der Waals surface area contributed by atoms with Crippen LogP contribution in [0.2, 0.25) is 0 Å². The molecule has 12 heteroatoms. The lowest BCUT2D eigenvalue weighted by molar-refractivity contribution is 0.0642. The minimum atomic E-state index is -3.86. The molecule has 1 aliphatic rings. The molecule has 0 aliphatic carbocycles. The number of pyridine rings is 1. The molecule has 0 bridgehead atoms. The summed E-state index contributed by atoms with van der Waals surface area (Å²) in [6.07, 6.45) is 4.48. The molecular formula is C22H23N7O4S. The number of aromatic nitrogens is 5. The number of nitrogens with zero attached hydrogens (tertiary/aromatic N) is 6. The Morgan fingerprint density at radius 3 is 2.71 bits per heavy atom. The highest BCUT2D eigenvalue weighted by atomic mass is 32.2. The van der Waals surface area contributed by atoms with E-state index in [0.717, 1.165) is 0 Å². The van der Waals surface area contributed by atoms with Crippen molar-refractivity contribution in [3.63, 3.8) is 0 Å². The second kappa shape index (κ2) is 8.63. The van der Waals surface area contributed by atoms with Crippen molar-refractivity contribution in [3.05, 3.63) is 66.2 Å². The molecule has 4 heterocycles. The van der Waals surface area contributed by atoms with Crippen molar-refractivity contribution in [2.45, 2.75) is 24.5 Å². The van der Waals surface area contributed by atoms with E-state index in [1.54, 1.807) is 42.2 Å². The van der Waals surface area contributed by atoms with Gasteiger partial charge in [0, 0.05) is 49.0 Å². The SMILES string of the molecule is CC1CN(C(=O)c2ccccc2)CCN1S(=O)(=O)c1c[nH]c2c(-n3cc(CO)nn3)nccc12. The molecule has 1 fully saturated rings. The standard InChI is InChI=1S/C22H23N7O4S/c1-15-12-27(22(31)16-5-3-2-4-6-16)9-10-29(15)34(32,33)19-11-24-20-18(19)7-8-23-21(20)28-13-17(14-30)25-26-28/h2-8,11,13,15,24,30H,9-10,12,14H2,1H3. The van der Waals surface area contributed by atoms with E-state index in [0.29, 0.717) is 41.1 Å². The number of hydrogen-bond donors (Lipinski definition) is 2. The van der Waals surface area contributed by atoms with E-state index in [4.69, 9.17) is 0 Å². The van der Waals surface area contributed by atoms with Gasteiger partial charge in [0.1, 0.15) is 10.6 Å². The molecule has 5 rings (SSSR count). The minimum Gasteiger partial charge on any atom is -0.390 e. The number of H-pyrrole nitrogens is 1. The Morgan fingerprint density at radius 1 is 1.21 bits per heavy atom. The van der Waals surface area contributed by atoms with Gasteiger partial charge in [0.25, 0.3) is 5.91 Å². The number of aromatic amines is 1. The van der Waals surface area contributed by atoms with E-state index in [1.807, 2.05) is 6.07 Å². The van der Waals surface area contributed by atoms with Crippen molar-refractivity contribution < 1.29 is 18.3 Å². The molecule has 2 N–H and O–H groups in total. The number of carbonyl (C=O) groups excluding carboxylic acids is 1. The van der Waals surface area contributed by atoms with Crippen LogP contribution in [-0.2, 0) is 16.6 Å². The highest BCUT2D eigenvalue weighted by Gasteiger charge is 2.36. The highest BCUT2D eigenvalue weighted by Crippen LogP contribution is 2.30. The molecule has 0 spiro atoms. The fraction of sp³-hybridized carbons (Fsp3) is 0.273. The summed E-state index contributed by atoms with van der Waals surface area (Å²) < 4.78 is 30.1. The average Bonchev–Trinajstić information content (AvgIpc) is 3.51. The first-order valence-electron chi connectivity index (χ1n) is 10.7. The van der Waals surface area contributed by atoms with Gasteiger partial charge in [0.05, 0.1) is 18.3 Å². The summed E-state index contributed by atoms with van der Waals surface area (Å²) in [5.74, 6) is 0.264. The lowest BCUT2D eigenvalue weighted by Gasteiger charge is -2.38. The minimum absolute atomic E-state index is 0.109. The van der Waals surface area contributed by atoms with E-state index >= 15 is 0 Å². The number of carbonyl (C=O) groups is 1. The predicted octanol–water partition coefficient (Wildman–Crippen LogP) is 1.17. The van der Waals surface area contributed by atoms with Crippen LogP contribution in [0.4, 0.5) is 0 Å². The van der Waals surface area contributed by atoms with Crippen LogP contribution in [0.15, 0.2) is 59.9 Å². The molecule has 0 saturated carbocycles. The number of hydrogen-bond acceptors (Lipinski definition) is 7. The van der Waals surface area contributed by atoms with Crippen molar-refractivity contribution in [1.82, 2.24) is 34.2 Å². The maximum absolute atomic E-state index is 13.6. The van der Waals surface area contributed by atoms with Gasteiger partial charge in [0.2, 0.25) is 10.0 Å². The maximum atomic E-state index is 13.6. The number of piperazine rings is 1. The second-order valence-corrected chi connectivity index (χ2v) is 9.96. The Bertz CT molecular complexity index is 1450. The number of nitrogens with one attached hydrogen (secondary N) is 1. The first kappa shape index (κ1) is 22.2. The van der Waals surface area contributed by atoms with Crippen LogP contribution < -0.4 is 0 Å². The van der Waals surface area contributed by atoms with Crippen LogP contribution in [0.3, 0.4) is 0 Å². The summed E-state index contributed by atoms with van der Waals surface area (Å²) in [7, 11) is -3.86. The zero-order valence-electron chi connectivity index (χ0n) is 18.4. The van der Waals surface area contributed by atoms with Crippen LogP contribution in [0.25, 0.3) is 16.7 Å². The molecule has 1 atom stereocenters. The first-order chi connectivity index (χ1) is 16.4. The third-order valence-electron chi connectivity index (χ3n) is 5.92. The topological polar surface area (TPSA) is 137 Å². The van der Waals surface area contributed by atoms with Gasteiger partial charge < -0.3 is 15.0 Å². The molecule has 1 aromatic carbocycles. The number of fused-ring (bicyclic) bond motifs is 1. The van der Waals surface area contributed by atoms with E-state index in [1.165, 1.54) is 27.6 Å². The van der Waals surface area contributed by atoms with Gasteiger partial charge in [-0.1, -0.05) is 23.4 Å². The van der Waals surface area contributed by atoms with Crippen LogP contribution >= 0.6 is 0 Å². The summed E-state index contributed by atoms with van der Waals surface area (Å²) in [4.78, 5) is 21.9. The Morgan fingerprint density at radius 2 is 2.00 bits per heavy atom. The van der Waals surface area contributed by atoms with Crippen molar-refractivity contribution in [3.8, 4) is 5.82 Å². The van der Waals surface area contributed by atoms with Crippen molar-refractivity contribution in [2.75, 3.05) is 19.6 Å². The normalized spacial score (nSPS) is 17.4. The molecule has 11 nitrogen and oxygen atoms in total. The summed E-state index contributed by atoms with van der Waals surface area (Å²) in [6, 6.07) is 10.2. The van der Waals surface area contributed by atoms with Gasteiger partial charge in [-0.05, 0) is 25.1 Å². The van der Waals surface area contributed by atoms with Crippen LogP contribution in [-0.4, -0.2) is 79.3 Å². The van der Waals surface area contributed by atoms with Gasteiger partial charge in [-0.2, -0.15) is 8.99 Å². The quantitative estimate of drug-likeness (QED) is 0.436. The third kappa shape index (κ3) is 3.75. The van der Waals surface area contributed by atoms with Crippen LogP contribution in [0.1, 0.15) is 23.0 Å². The van der Waals surface area contributed by atoms with Gasteiger partial charge in [-0.25, -0.2) is 13.4 Å². The molecule has 1 saturated heterocycles. The lowest BCUT2D eigenvalue weighted by atomic mass is 10.1. The van der Waals surface area contributed by atoms with Crippen LogP contribution in [0, 0.1) is 0 Å². The van der Waals surface area contributed by atoms with Gasteiger partial charge in [-0.15, -0.1) is 5.10 Å². The van der Waals surface area contributed by atoms with Crippen LogP contribution in [0.5, 0.6) is 0 Å². The Kier molecular flexibility index (Phi) is 5.63. The van der Waals surface area contributed by atoms with E-state index in [-0.39, 0.29) is 24.0 Å². The zero-order valence-corrected chi connectivity index (χ0v) is 19.2. The van der Waals surface area contributed by atoms with E-state index < -0.39 is 16.1 Å². The highest BCUT2D eigenvalue weighted by molar-refractivity contribution is 7.89. The molecule has 1 unspecified atom stereocenters. The molecule has 176 valence electrons. The average molecular weight is 482 g/mol. The molecule has 0 radical (unpaired) electrons. The summed E-state index contributed by atoms with van der Waals surface area (Å²) >= 11 is 0. The van der Waals surface area contributed by atoms with E-state index in [2.05, 4.69) is 20.3 Å². The number of benzene rings is 1. The fourth-order valence-electron chi connectivity index (χ4n) is 4.25. The largest absolute Gasteiger partial charge is 0.390 e. The summed E-state index contributed by atoms with van der Waals surface area (Å²) in [6.45, 7) is 2.32. The Hall–Kier alpha value is -3.61. The lowest BCUT2D eigenvalue weighted by Crippen LogP contribution is -2.55. The molecule has 34 heavy (non-hydrogen) atoms. The monoisotopic (exact) mass is 481 g/mol. The summed E-state index contributed by atoms with van der Waals surface area (Å²) in [5.41, 5.74) is 1.44. The van der Waals surface area contributed by atoms with Gasteiger partial charge >= 0.3 is 0 Å². The van der Waals surface area contributed by atoms with Gasteiger partial charge in [-0.3, -0.25) is 4.79 Å². The van der Waals surface area contributed by atoms with Crippen molar-refractivity contribution >= 4 is 26.8 Å². The predicted molar refractivity (Wildman–Crippen MR) is 123 cm³/mol. The van der Waals surface area contributed by atoms with Crippen molar-refractivity contribution in [1.29, 1.82) is 0 Å². The molecule has 3 aromatic heterocycles. The van der Waals surface area contributed by atoms with Crippen molar-refractivity contribution in [2.24, 2.45) is 0 Å². The third-order valence-corrected chi connectivity index (χ3v) is 7.98. The number of sulfonamides is 1. The van der Waals surface area contributed by atoms with E-state index in [9.17, 15) is 18.3 Å². The summed E-state index contributed by atoms with van der Waals surface area (Å²) in [5, 5.41) is 17.5.